The number of nitrogens with one attached hydrogen (secondary N) is 2. The fourth-order valence-corrected chi connectivity index (χ4v) is 2.89. The highest BCUT2D eigenvalue weighted by Gasteiger charge is 2.16. The molecule has 0 unspecified atom stereocenters. The number of carbonyl (C=O) groups excluding carboxylic acids is 1. The molecule has 3 rings (SSSR count). The zero-order valence-corrected chi connectivity index (χ0v) is 14.8. The van der Waals surface area contributed by atoms with Crippen LogP contribution in [-0.4, -0.2) is 27.1 Å². The van der Waals surface area contributed by atoms with Crippen LogP contribution in [-0.2, 0) is 0 Å². The Bertz CT molecular complexity index is 835. The minimum Gasteiger partial charge on any atom is -0.330 e. The van der Waals surface area contributed by atoms with E-state index < -0.39 is 0 Å². The zero-order chi connectivity index (χ0) is 17.6. The van der Waals surface area contributed by atoms with E-state index in [9.17, 15) is 4.79 Å². The highest BCUT2D eigenvalue weighted by Crippen LogP contribution is 2.27. The fourth-order valence-electron chi connectivity index (χ4n) is 2.41. The van der Waals surface area contributed by atoms with E-state index in [1.54, 1.807) is 17.1 Å². The number of pyridine rings is 1. The molecule has 0 aliphatic rings. The van der Waals surface area contributed by atoms with Gasteiger partial charge >= 0.3 is 6.03 Å². The van der Waals surface area contributed by atoms with Crippen LogP contribution in [0.25, 0.3) is 5.69 Å². The number of para-hydroxylation sites is 1. The lowest BCUT2D eigenvalue weighted by atomic mass is 10.2. The maximum Gasteiger partial charge on any atom is 0.320 e. The number of anilines is 1. The maximum absolute atomic E-state index is 12.4. The van der Waals surface area contributed by atoms with E-state index in [0.29, 0.717) is 5.82 Å². The van der Waals surface area contributed by atoms with Crippen LogP contribution in [0, 0.1) is 0 Å². The lowest BCUT2D eigenvalue weighted by Gasteiger charge is -2.15. The van der Waals surface area contributed by atoms with Gasteiger partial charge in [-0.1, -0.05) is 24.3 Å². The summed E-state index contributed by atoms with van der Waals surface area (Å²) in [7, 11) is 0. The molecule has 2 heterocycles. The van der Waals surface area contributed by atoms with Gasteiger partial charge in [-0.3, -0.25) is 10.3 Å². The van der Waals surface area contributed by atoms with Gasteiger partial charge in [0.25, 0.3) is 0 Å². The van der Waals surface area contributed by atoms with Crippen molar-refractivity contribution in [2.24, 2.45) is 0 Å². The van der Waals surface area contributed by atoms with Gasteiger partial charge in [0.1, 0.15) is 0 Å². The first-order chi connectivity index (χ1) is 12.2. The Kier molecular flexibility index (Phi) is 5.35. The number of hydrogen-bond donors (Lipinski definition) is 2. The van der Waals surface area contributed by atoms with Crippen LogP contribution in [0.5, 0.6) is 0 Å². The van der Waals surface area contributed by atoms with Crippen molar-refractivity contribution < 1.29 is 4.79 Å². The summed E-state index contributed by atoms with van der Waals surface area (Å²) in [5.74, 6) is 0.643. The Hall–Kier alpha value is -2.80. The van der Waals surface area contributed by atoms with Gasteiger partial charge in [0.15, 0.2) is 5.82 Å². The molecule has 0 saturated heterocycles. The number of aromatic nitrogens is 3. The highest BCUT2D eigenvalue weighted by molar-refractivity contribution is 7.98. The van der Waals surface area contributed by atoms with Crippen molar-refractivity contribution in [3.8, 4) is 5.69 Å². The third kappa shape index (κ3) is 4.00. The van der Waals surface area contributed by atoms with Crippen molar-refractivity contribution in [1.29, 1.82) is 0 Å². The van der Waals surface area contributed by atoms with Crippen molar-refractivity contribution in [3.63, 3.8) is 0 Å². The molecule has 6 nitrogen and oxygen atoms in total. The molecule has 0 bridgehead atoms. The second kappa shape index (κ2) is 7.85. The zero-order valence-electron chi connectivity index (χ0n) is 14.0. The van der Waals surface area contributed by atoms with Gasteiger partial charge in [-0.15, -0.1) is 11.8 Å². The minimum atomic E-state index is -0.300. The summed E-state index contributed by atoms with van der Waals surface area (Å²) in [4.78, 5) is 17.6. The van der Waals surface area contributed by atoms with Crippen LogP contribution in [0.4, 0.5) is 10.6 Å². The molecule has 1 aromatic carbocycles. The topological polar surface area (TPSA) is 71.8 Å². The number of urea groups is 1. The number of carbonyl (C=O) groups is 1. The molecular formula is C18H19N5OS. The average Bonchev–Trinajstić information content (AvgIpc) is 3.05. The molecule has 0 saturated carbocycles. The minimum absolute atomic E-state index is 0.202. The van der Waals surface area contributed by atoms with E-state index in [2.05, 4.69) is 20.7 Å². The van der Waals surface area contributed by atoms with Gasteiger partial charge in [0.05, 0.1) is 28.5 Å². The standard InChI is InChI=1S/C18H19N5OS/c1-13(15-10-6-7-11-19-15)21-18(24)22-17-16(25-2)12-20-23(17)14-8-4-3-5-9-14/h3-13H,1-2H3,(H2,21,22,24)/t13-/m1/s1. The van der Waals surface area contributed by atoms with Crippen LogP contribution in [0.3, 0.4) is 0 Å². The van der Waals surface area contributed by atoms with Gasteiger partial charge in [0.2, 0.25) is 0 Å². The number of thioether (sulfide) groups is 1. The van der Waals surface area contributed by atoms with E-state index in [0.717, 1.165) is 16.3 Å². The smallest absolute Gasteiger partial charge is 0.320 e. The lowest BCUT2D eigenvalue weighted by Crippen LogP contribution is -2.32. The first-order valence-electron chi connectivity index (χ1n) is 7.85. The Balaban J connectivity index is 1.78. The third-order valence-electron chi connectivity index (χ3n) is 3.67. The number of rotatable bonds is 5. The Labute approximate surface area is 150 Å². The van der Waals surface area contributed by atoms with Crippen molar-refractivity contribution in [3.05, 3.63) is 66.6 Å². The summed E-state index contributed by atoms with van der Waals surface area (Å²) < 4.78 is 1.72. The van der Waals surface area contributed by atoms with Crippen LogP contribution in [0.2, 0.25) is 0 Å². The SMILES string of the molecule is CSc1cnn(-c2ccccc2)c1NC(=O)N[C@H](C)c1ccccn1. The summed E-state index contributed by atoms with van der Waals surface area (Å²) in [6.45, 7) is 1.89. The second-order valence-electron chi connectivity index (χ2n) is 5.38. The molecule has 2 N–H and O–H groups in total. The van der Waals surface area contributed by atoms with Crippen molar-refractivity contribution >= 4 is 23.6 Å². The van der Waals surface area contributed by atoms with Gasteiger partial charge in [-0.2, -0.15) is 5.10 Å². The molecular weight excluding hydrogens is 334 g/mol. The molecule has 1 atom stereocenters. The summed E-state index contributed by atoms with van der Waals surface area (Å²) >= 11 is 1.53. The summed E-state index contributed by atoms with van der Waals surface area (Å²) in [5.41, 5.74) is 1.69. The molecule has 0 spiro atoms. The molecule has 128 valence electrons. The van der Waals surface area contributed by atoms with E-state index in [4.69, 9.17) is 0 Å². The van der Waals surface area contributed by atoms with Crippen LogP contribution in [0.15, 0.2) is 65.8 Å². The monoisotopic (exact) mass is 353 g/mol. The van der Waals surface area contributed by atoms with Gasteiger partial charge < -0.3 is 5.32 Å². The molecule has 0 aliphatic heterocycles. The van der Waals surface area contributed by atoms with Crippen LogP contribution >= 0.6 is 11.8 Å². The second-order valence-corrected chi connectivity index (χ2v) is 6.23. The van der Waals surface area contributed by atoms with Crippen LogP contribution in [0.1, 0.15) is 18.7 Å². The maximum atomic E-state index is 12.4. The largest absolute Gasteiger partial charge is 0.330 e. The normalized spacial score (nSPS) is 11.8. The number of nitrogens with zero attached hydrogens (tertiary/aromatic N) is 3. The molecule has 2 aromatic heterocycles. The summed E-state index contributed by atoms with van der Waals surface area (Å²) in [6, 6.07) is 14.8. The molecule has 2 amide bonds. The van der Waals surface area contributed by atoms with E-state index in [-0.39, 0.29) is 12.1 Å². The number of benzene rings is 1. The van der Waals surface area contributed by atoms with Gasteiger partial charge in [-0.25, -0.2) is 9.48 Å². The lowest BCUT2D eigenvalue weighted by molar-refractivity contribution is 0.249. The quantitative estimate of drug-likeness (QED) is 0.683. The first kappa shape index (κ1) is 17.0. The predicted octanol–water partition coefficient (Wildman–Crippen LogP) is 3.87. The summed E-state index contributed by atoms with van der Waals surface area (Å²) in [6.07, 6.45) is 5.41. The third-order valence-corrected chi connectivity index (χ3v) is 4.41. The van der Waals surface area contributed by atoms with Gasteiger partial charge in [0, 0.05) is 6.20 Å². The van der Waals surface area contributed by atoms with Crippen LogP contribution < -0.4 is 10.6 Å². The molecule has 25 heavy (non-hydrogen) atoms. The van der Waals surface area contributed by atoms with Crippen molar-refractivity contribution in [2.75, 3.05) is 11.6 Å². The molecule has 0 aliphatic carbocycles. The number of amides is 2. The Morgan fingerprint density at radius 2 is 1.92 bits per heavy atom. The predicted molar refractivity (Wildman–Crippen MR) is 100 cm³/mol. The van der Waals surface area contributed by atoms with Crippen molar-refractivity contribution in [2.45, 2.75) is 17.9 Å². The van der Waals surface area contributed by atoms with E-state index >= 15 is 0 Å². The molecule has 7 heteroatoms. The molecule has 3 aromatic rings. The average molecular weight is 353 g/mol. The Morgan fingerprint density at radius 1 is 1.16 bits per heavy atom. The van der Waals surface area contributed by atoms with Gasteiger partial charge in [-0.05, 0) is 37.4 Å². The molecule has 0 fully saturated rings. The first-order valence-corrected chi connectivity index (χ1v) is 9.07. The fraction of sp³-hybridized carbons (Fsp3) is 0.167. The van der Waals surface area contributed by atoms with E-state index in [1.165, 1.54) is 11.8 Å². The number of hydrogen-bond acceptors (Lipinski definition) is 4. The highest BCUT2D eigenvalue weighted by atomic mass is 32.2. The summed E-state index contributed by atoms with van der Waals surface area (Å²) in [5, 5.41) is 10.2. The van der Waals surface area contributed by atoms with Crippen molar-refractivity contribution in [1.82, 2.24) is 20.1 Å². The Morgan fingerprint density at radius 3 is 2.60 bits per heavy atom. The van der Waals surface area contributed by atoms with E-state index in [1.807, 2.05) is 61.7 Å². The molecule has 0 radical (unpaired) electrons.